The Morgan fingerprint density at radius 2 is 1.08 bits per heavy atom. The second-order valence-electron chi connectivity index (χ2n) is 12.4. The number of rotatable bonds is 5. The minimum atomic E-state index is -0.140. The van der Waals surface area contributed by atoms with Crippen molar-refractivity contribution in [1.82, 2.24) is 15.0 Å². The Morgan fingerprint density at radius 3 is 1.77 bits per heavy atom. The summed E-state index contributed by atoms with van der Waals surface area (Å²) in [4.78, 5) is 15.5. The van der Waals surface area contributed by atoms with Crippen molar-refractivity contribution in [3.8, 4) is 33.9 Å². The molecule has 4 heteroatoms. The number of aromatic nitrogens is 3. The largest absolute Gasteiger partial charge is 0.212 e. The molecular weight excluding hydrogens is 603 g/mol. The molecule has 0 aliphatic rings. The zero-order valence-corrected chi connectivity index (χ0v) is 27.5. The first-order valence-electron chi connectivity index (χ1n) is 16.4. The van der Waals surface area contributed by atoms with Crippen molar-refractivity contribution in [2.75, 3.05) is 0 Å². The van der Waals surface area contributed by atoms with Gasteiger partial charge in [-0.2, -0.15) is 0 Å². The fourth-order valence-corrected chi connectivity index (χ4v) is 8.59. The fourth-order valence-electron chi connectivity index (χ4n) is 7.23. The molecular formula is C44H31N3S. The molecule has 0 radical (unpaired) electrons. The molecule has 0 aliphatic carbocycles. The van der Waals surface area contributed by atoms with Gasteiger partial charge in [-0.05, 0) is 56.8 Å². The predicted octanol–water partition coefficient (Wildman–Crippen LogP) is 12.0. The van der Waals surface area contributed by atoms with Gasteiger partial charge in [0.15, 0.2) is 11.6 Å². The second-order valence-corrected chi connectivity index (χ2v) is 13.4. The summed E-state index contributed by atoms with van der Waals surface area (Å²) in [6.45, 7) is 4.53. The lowest BCUT2D eigenvalue weighted by Crippen LogP contribution is -2.09. The number of aryl methyl sites for hydroxylation is 1. The number of hydrogen-bond acceptors (Lipinski definition) is 4. The molecule has 2 aromatic heterocycles. The molecule has 1 atom stereocenters. The Bertz CT molecular complexity index is 2580. The van der Waals surface area contributed by atoms with E-state index in [1.165, 1.54) is 64.0 Å². The van der Waals surface area contributed by atoms with Gasteiger partial charge in [0.25, 0.3) is 0 Å². The molecule has 0 aliphatic heterocycles. The van der Waals surface area contributed by atoms with E-state index in [0.717, 1.165) is 17.0 Å². The number of benzene rings is 7. The lowest BCUT2D eigenvalue weighted by molar-refractivity contribution is 0.812. The van der Waals surface area contributed by atoms with Gasteiger partial charge in [0.1, 0.15) is 5.82 Å². The van der Waals surface area contributed by atoms with Crippen LogP contribution in [0.2, 0.25) is 0 Å². The van der Waals surface area contributed by atoms with E-state index in [1.54, 1.807) is 0 Å². The summed E-state index contributed by atoms with van der Waals surface area (Å²) >= 11 is 1.87. The zero-order chi connectivity index (χ0) is 32.2. The number of hydrogen-bond donors (Lipinski definition) is 0. The molecule has 48 heavy (non-hydrogen) atoms. The van der Waals surface area contributed by atoms with Gasteiger partial charge < -0.3 is 0 Å². The highest BCUT2D eigenvalue weighted by atomic mass is 32.1. The normalized spacial score (nSPS) is 12.3. The van der Waals surface area contributed by atoms with Crippen LogP contribution >= 0.6 is 11.3 Å². The summed E-state index contributed by atoms with van der Waals surface area (Å²) in [5.41, 5.74) is 6.98. The first-order valence-corrected chi connectivity index (χ1v) is 17.2. The summed E-state index contributed by atoms with van der Waals surface area (Å²) in [5, 5.41) is 7.62. The van der Waals surface area contributed by atoms with Gasteiger partial charge in [0.2, 0.25) is 0 Å². The van der Waals surface area contributed by atoms with Crippen LogP contribution < -0.4 is 0 Å². The predicted molar refractivity (Wildman–Crippen MR) is 203 cm³/mol. The first kappa shape index (κ1) is 28.5. The van der Waals surface area contributed by atoms with Crippen LogP contribution in [0.3, 0.4) is 0 Å². The monoisotopic (exact) mass is 633 g/mol. The van der Waals surface area contributed by atoms with Crippen LogP contribution in [0, 0.1) is 6.92 Å². The minimum Gasteiger partial charge on any atom is -0.212 e. The summed E-state index contributed by atoms with van der Waals surface area (Å²) in [6, 6.07) is 51.5. The van der Waals surface area contributed by atoms with E-state index >= 15 is 0 Å². The van der Waals surface area contributed by atoms with Gasteiger partial charge in [-0.15, -0.1) is 11.3 Å². The van der Waals surface area contributed by atoms with E-state index in [4.69, 9.17) is 15.0 Å². The SMILES string of the molecule is Cc1c(-c2c(C(C)c3nc(-c4ccccc4)nc(-c4ccccc4)n3)c3sc4ccccc4c3c3ccccc23)ccc2ccccc12. The van der Waals surface area contributed by atoms with Crippen molar-refractivity contribution in [2.45, 2.75) is 19.8 Å². The topological polar surface area (TPSA) is 38.7 Å². The maximum Gasteiger partial charge on any atom is 0.163 e. The van der Waals surface area contributed by atoms with Crippen molar-refractivity contribution in [2.24, 2.45) is 0 Å². The average molecular weight is 634 g/mol. The molecule has 0 amide bonds. The summed E-state index contributed by atoms with van der Waals surface area (Å²) in [5.74, 6) is 1.99. The van der Waals surface area contributed by atoms with Gasteiger partial charge in [0, 0.05) is 37.2 Å². The van der Waals surface area contributed by atoms with Crippen molar-refractivity contribution in [3.05, 3.63) is 163 Å². The van der Waals surface area contributed by atoms with Crippen LogP contribution in [0.4, 0.5) is 0 Å². The highest BCUT2D eigenvalue weighted by Gasteiger charge is 2.27. The van der Waals surface area contributed by atoms with Gasteiger partial charge in [-0.25, -0.2) is 15.0 Å². The van der Waals surface area contributed by atoms with Crippen LogP contribution in [0.25, 0.3) is 75.6 Å². The molecule has 9 aromatic rings. The van der Waals surface area contributed by atoms with Crippen molar-refractivity contribution < 1.29 is 0 Å². The average Bonchev–Trinajstić information content (AvgIpc) is 3.55. The van der Waals surface area contributed by atoms with Crippen LogP contribution in [0.5, 0.6) is 0 Å². The molecule has 1 unspecified atom stereocenters. The van der Waals surface area contributed by atoms with E-state index in [0.29, 0.717) is 11.6 Å². The van der Waals surface area contributed by atoms with Crippen molar-refractivity contribution >= 4 is 53.1 Å². The summed E-state index contributed by atoms with van der Waals surface area (Å²) < 4.78 is 2.57. The van der Waals surface area contributed by atoms with Gasteiger partial charge >= 0.3 is 0 Å². The van der Waals surface area contributed by atoms with Gasteiger partial charge in [-0.1, -0.05) is 146 Å². The van der Waals surface area contributed by atoms with Crippen LogP contribution in [0.15, 0.2) is 146 Å². The standard InChI is InChI=1S/C44H31N3S/c1-27-32-20-10-9-15-29(32)25-26-33(27)39-34-21-11-12-22-35(34)40-36-23-13-14-24-37(36)48-41(40)38(39)28(2)42-45-43(30-16-5-3-6-17-30)47-44(46-42)31-18-7-4-8-19-31/h3-26,28H,1-2H3. The minimum absolute atomic E-state index is 0.140. The number of nitrogens with zero attached hydrogens (tertiary/aromatic N) is 3. The van der Waals surface area contributed by atoms with E-state index in [9.17, 15) is 0 Å². The Morgan fingerprint density at radius 1 is 0.521 bits per heavy atom. The molecule has 0 saturated carbocycles. The van der Waals surface area contributed by atoms with Crippen LogP contribution in [-0.2, 0) is 0 Å². The zero-order valence-electron chi connectivity index (χ0n) is 26.7. The second kappa shape index (κ2) is 11.5. The molecule has 2 heterocycles. The first-order chi connectivity index (χ1) is 23.7. The van der Waals surface area contributed by atoms with E-state index in [2.05, 4.69) is 123 Å². The smallest absolute Gasteiger partial charge is 0.163 e. The quantitative estimate of drug-likeness (QED) is 0.189. The summed E-state index contributed by atoms with van der Waals surface area (Å²) in [7, 11) is 0. The molecule has 228 valence electrons. The highest BCUT2D eigenvalue weighted by molar-refractivity contribution is 7.26. The van der Waals surface area contributed by atoms with Gasteiger partial charge in [0.05, 0.1) is 0 Å². The molecule has 0 bridgehead atoms. The molecule has 7 aromatic carbocycles. The third-order valence-corrected chi connectivity index (χ3v) is 10.8. The maximum atomic E-state index is 5.24. The highest BCUT2D eigenvalue weighted by Crippen LogP contribution is 2.50. The van der Waals surface area contributed by atoms with Crippen molar-refractivity contribution in [1.29, 1.82) is 0 Å². The van der Waals surface area contributed by atoms with E-state index < -0.39 is 0 Å². The molecule has 0 spiro atoms. The Kier molecular flexibility index (Phi) is 6.84. The maximum absolute atomic E-state index is 5.24. The molecule has 0 fully saturated rings. The Balaban J connectivity index is 1.41. The third-order valence-electron chi connectivity index (χ3n) is 9.58. The molecule has 0 N–H and O–H groups in total. The molecule has 3 nitrogen and oxygen atoms in total. The fraction of sp³-hybridized carbons (Fsp3) is 0.0682. The Hall–Kier alpha value is -5.71. The Labute approximate surface area is 283 Å². The van der Waals surface area contributed by atoms with E-state index in [-0.39, 0.29) is 5.92 Å². The number of fused-ring (bicyclic) bond motifs is 6. The van der Waals surface area contributed by atoms with Crippen molar-refractivity contribution in [3.63, 3.8) is 0 Å². The molecule has 9 rings (SSSR count). The third kappa shape index (κ3) is 4.60. The van der Waals surface area contributed by atoms with E-state index in [1.807, 2.05) is 47.7 Å². The number of thiophene rings is 1. The van der Waals surface area contributed by atoms with Gasteiger partial charge in [-0.3, -0.25) is 0 Å². The lowest BCUT2D eigenvalue weighted by atomic mass is 9.83. The van der Waals surface area contributed by atoms with Crippen LogP contribution in [0.1, 0.15) is 29.8 Å². The van der Waals surface area contributed by atoms with Crippen LogP contribution in [-0.4, -0.2) is 15.0 Å². The molecule has 0 saturated heterocycles. The lowest BCUT2D eigenvalue weighted by Gasteiger charge is -2.22. The summed E-state index contributed by atoms with van der Waals surface area (Å²) in [6.07, 6.45) is 0.